The maximum absolute atomic E-state index is 8.77. The minimum atomic E-state index is 0.120. The Morgan fingerprint density at radius 1 is 1.36 bits per heavy atom. The predicted molar refractivity (Wildman–Crippen MR) is 55.2 cm³/mol. The van der Waals surface area contributed by atoms with Crippen molar-refractivity contribution < 1.29 is 0 Å². The van der Waals surface area contributed by atoms with Gasteiger partial charge in [-0.25, -0.2) is 0 Å². The fourth-order valence-corrected chi connectivity index (χ4v) is 0.810. The number of amidine groups is 1. The van der Waals surface area contributed by atoms with Crippen LogP contribution in [0.4, 0.5) is 0 Å². The Morgan fingerprint density at radius 2 is 2.07 bits per heavy atom. The lowest BCUT2D eigenvalue weighted by Crippen LogP contribution is -2.26. The molecule has 0 aromatic heterocycles. The van der Waals surface area contributed by atoms with Crippen LogP contribution in [0.25, 0.3) is 0 Å². The van der Waals surface area contributed by atoms with Crippen molar-refractivity contribution in [3.05, 3.63) is 25.3 Å². The summed E-state index contributed by atoms with van der Waals surface area (Å²) in [5.74, 6) is 0.454. The molecule has 0 amide bonds. The summed E-state index contributed by atoms with van der Waals surface area (Å²) in [4.78, 5) is 5.39. The Morgan fingerprint density at radius 3 is 2.50 bits per heavy atom. The highest BCUT2D eigenvalue weighted by molar-refractivity contribution is 5.85. The largest absolute Gasteiger partial charge is 0.266 e. The number of nitrogens with zero attached hydrogens (tertiary/aromatic N) is 4. The maximum Gasteiger partial charge on any atom is 0.185 e. The van der Waals surface area contributed by atoms with E-state index in [0.717, 1.165) is 0 Å². The molecule has 0 aliphatic heterocycles. The Balaban J connectivity index is 4.61. The van der Waals surface area contributed by atoms with Crippen LogP contribution >= 0.6 is 0 Å². The van der Waals surface area contributed by atoms with E-state index in [2.05, 4.69) is 18.2 Å². The van der Waals surface area contributed by atoms with Crippen molar-refractivity contribution in [1.29, 1.82) is 10.5 Å². The third kappa shape index (κ3) is 4.08. The molecule has 0 N–H and O–H groups in total. The first kappa shape index (κ1) is 11.9. The van der Waals surface area contributed by atoms with Gasteiger partial charge in [0.15, 0.2) is 6.19 Å². The van der Waals surface area contributed by atoms with E-state index < -0.39 is 0 Å². The van der Waals surface area contributed by atoms with E-state index in [9.17, 15) is 0 Å². The van der Waals surface area contributed by atoms with Gasteiger partial charge in [0, 0.05) is 0 Å². The number of hydrogen-bond donors (Lipinski definition) is 0. The van der Waals surface area contributed by atoms with Crippen LogP contribution in [0.3, 0.4) is 0 Å². The van der Waals surface area contributed by atoms with Crippen LogP contribution in [0.2, 0.25) is 0 Å². The summed E-state index contributed by atoms with van der Waals surface area (Å²) in [5, 5.41) is 17.3. The first-order valence-corrected chi connectivity index (χ1v) is 4.09. The monoisotopic (exact) mass is 188 g/mol. The molecule has 0 spiro atoms. The molecule has 0 aromatic rings. The van der Waals surface area contributed by atoms with Gasteiger partial charge in [0.2, 0.25) is 0 Å². The van der Waals surface area contributed by atoms with E-state index in [1.165, 1.54) is 4.90 Å². The number of nitriles is 2. The average Bonchev–Trinajstić information content (AvgIpc) is 2.21. The van der Waals surface area contributed by atoms with Crippen molar-refractivity contribution in [2.75, 3.05) is 13.1 Å². The lowest BCUT2D eigenvalue weighted by Gasteiger charge is -2.13. The van der Waals surface area contributed by atoms with Crippen molar-refractivity contribution in [3.63, 3.8) is 0 Å². The van der Waals surface area contributed by atoms with Gasteiger partial charge in [0.25, 0.3) is 0 Å². The number of hydrogen-bond acceptors (Lipinski definition) is 3. The number of aliphatic imine (C=N–C) groups is 1. The lowest BCUT2D eigenvalue weighted by molar-refractivity contribution is 0.630. The van der Waals surface area contributed by atoms with Crippen LogP contribution in [0.15, 0.2) is 30.3 Å². The van der Waals surface area contributed by atoms with Crippen molar-refractivity contribution >= 4 is 5.84 Å². The Hall–Kier alpha value is -2.07. The van der Waals surface area contributed by atoms with Crippen molar-refractivity contribution in [2.24, 2.45) is 4.99 Å². The van der Waals surface area contributed by atoms with Gasteiger partial charge >= 0.3 is 0 Å². The third-order valence-electron chi connectivity index (χ3n) is 1.38. The van der Waals surface area contributed by atoms with Crippen molar-refractivity contribution in [1.82, 2.24) is 4.90 Å². The van der Waals surface area contributed by atoms with Gasteiger partial charge in [-0.2, -0.15) is 10.5 Å². The standard InChI is InChI=1S/C10H12N4/c1-3-7-13-10(5-6-11)14(9-12)8-4-2/h3-4H,1-2,5,7-8H2. The fourth-order valence-electron chi connectivity index (χ4n) is 0.810. The van der Waals surface area contributed by atoms with E-state index in [0.29, 0.717) is 18.9 Å². The summed E-state index contributed by atoms with van der Waals surface area (Å²) >= 11 is 0. The van der Waals surface area contributed by atoms with Gasteiger partial charge < -0.3 is 0 Å². The Labute approximate surface area is 84.1 Å². The van der Waals surface area contributed by atoms with E-state index in [1.54, 1.807) is 12.2 Å². The van der Waals surface area contributed by atoms with Crippen molar-refractivity contribution in [2.45, 2.75) is 6.42 Å². The van der Waals surface area contributed by atoms with E-state index >= 15 is 0 Å². The molecule has 0 unspecified atom stereocenters. The number of rotatable bonds is 5. The van der Waals surface area contributed by atoms with Gasteiger partial charge in [-0.1, -0.05) is 12.2 Å². The molecule has 14 heavy (non-hydrogen) atoms. The molecular weight excluding hydrogens is 176 g/mol. The van der Waals surface area contributed by atoms with Gasteiger partial charge in [-0.05, 0) is 0 Å². The summed E-state index contributed by atoms with van der Waals surface area (Å²) in [7, 11) is 0. The molecule has 0 fully saturated rings. The molecule has 0 atom stereocenters. The van der Waals surface area contributed by atoms with Crippen LogP contribution < -0.4 is 0 Å². The molecule has 0 saturated carbocycles. The summed E-state index contributed by atoms with van der Waals surface area (Å²) in [6.45, 7) is 7.81. The highest BCUT2D eigenvalue weighted by atomic mass is 15.2. The minimum absolute atomic E-state index is 0.120. The van der Waals surface area contributed by atoms with Crippen LogP contribution in [-0.4, -0.2) is 23.8 Å². The summed E-state index contributed by atoms with van der Waals surface area (Å²) in [6.07, 6.45) is 5.26. The van der Waals surface area contributed by atoms with Gasteiger partial charge in [0.1, 0.15) is 5.84 Å². The minimum Gasteiger partial charge on any atom is -0.266 e. The lowest BCUT2D eigenvalue weighted by atomic mass is 10.3. The first-order valence-electron chi connectivity index (χ1n) is 4.09. The molecule has 0 radical (unpaired) electrons. The maximum atomic E-state index is 8.77. The SMILES string of the molecule is C=CCN=C(CC#N)N(C#N)CC=C. The zero-order valence-corrected chi connectivity index (χ0v) is 7.98. The molecule has 0 rings (SSSR count). The molecule has 72 valence electrons. The molecule has 0 aliphatic carbocycles. The van der Waals surface area contributed by atoms with Crippen LogP contribution in [0.5, 0.6) is 0 Å². The summed E-state index contributed by atoms with van der Waals surface area (Å²) in [5.41, 5.74) is 0. The molecule has 0 bridgehead atoms. The average molecular weight is 188 g/mol. The zero-order chi connectivity index (χ0) is 10.8. The van der Waals surface area contributed by atoms with Crippen LogP contribution in [0, 0.1) is 22.8 Å². The summed E-state index contributed by atoms with van der Waals surface area (Å²) < 4.78 is 0. The zero-order valence-electron chi connectivity index (χ0n) is 7.98. The highest BCUT2D eigenvalue weighted by Gasteiger charge is 2.07. The molecular formula is C10H12N4. The molecule has 4 nitrogen and oxygen atoms in total. The van der Waals surface area contributed by atoms with Crippen LogP contribution in [0.1, 0.15) is 6.42 Å². The summed E-state index contributed by atoms with van der Waals surface area (Å²) in [6, 6.07) is 1.96. The van der Waals surface area contributed by atoms with Crippen LogP contribution in [-0.2, 0) is 0 Å². The smallest absolute Gasteiger partial charge is 0.185 e. The van der Waals surface area contributed by atoms with E-state index in [1.807, 2.05) is 12.3 Å². The van der Waals surface area contributed by atoms with Gasteiger partial charge in [-0.15, -0.1) is 13.2 Å². The first-order chi connectivity index (χ1) is 6.79. The quantitative estimate of drug-likeness (QED) is 0.216. The Kier molecular flexibility index (Phi) is 6.45. The normalized spacial score (nSPS) is 9.71. The fraction of sp³-hybridized carbons (Fsp3) is 0.300. The molecule has 0 aliphatic rings. The van der Waals surface area contributed by atoms with E-state index in [-0.39, 0.29) is 6.42 Å². The molecule has 0 saturated heterocycles. The highest BCUT2D eigenvalue weighted by Crippen LogP contribution is 1.96. The molecule has 4 heteroatoms. The van der Waals surface area contributed by atoms with Gasteiger partial charge in [0.05, 0.1) is 25.6 Å². The van der Waals surface area contributed by atoms with Crippen molar-refractivity contribution in [3.8, 4) is 12.3 Å². The Bertz CT molecular complexity index is 303. The van der Waals surface area contributed by atoms with Gasteiger partial charge in [-0.3, -0.25) is 9.89 Å². The predicted octanol–water partition coefficient (Wildman–Crippen LogP) is 1.45. The third-order valence-corrected chi connectivity index (χ3v) is 1.38. The van der Waals surface area contributed by atoms with E-state index in [4.69, 9.17) is 10.5 Å². The second kappa shape index (κ2) is 7.57. The second-order valence-electron chi connectivity index (χ2n) is 2.38. The topological polar surface area (TPSA) is 63.2 Å². The molecule has 0 heterocycles. The molecule has 0 aromatic carbocycles. The second-order valence-corrected chi connectivity index (χ2v) is 2.38.